The van der Waals surface area contributed by atoms with Gasteiger partial charge in [-0.1, -0.05) is 24.6 Å². The van der Waals surface area contributed by atoms with Crippen molar-refractivity contribution in [1.29, 1.82) is 0 Å². The molecule has 3 N–H and O–H groups in total. The van der Waals surface area contributed by atoms with Gasteiger partial charge in [0.05, 0.1) is 5.75 Å². The largest absolute Gasteiger partial charge is 0.368 e. The fraction of sp³-hybridized carbons (Fsp3) is 0.700. The molecule has 7 heteroatoms. The van der Waals surface area contributed by atoms with Crippen molar-refractivity contribution in [3.05, 3.63) is 0 Å². The number of nitrogens with zero attached hydrogens (tertiary/aromatic N) is 3. The Labute approximate surface area is 104 Å². The molecule has 1 aromatic heterocycles. The molecule has 0 bridgehead atoms. The van der Waals surface area contributed by atoms with E-state index in [1.54, 1.807) is 0 Å². The van der Waals surface area contributed by atoms with Gasteiger partial charge in [-0.05, 0) is 12.8 Å². The first-order valence-corrected chi connectivity index (χ1v) is 6.83. The lowest BCUT2D eigenvalue weighted by atomic mass is 10.2. The number of carbonyl (C=O) groups is 1. The predicted molar refractivity (Wildman–Crippen MR) is 66.6 cm³/mol. The average molecular weight is 255 g/mol. The summed E-state index contributed by atoms with van der Waals surface area (Å²) in [4.78, 5) is 17.8. The van der Waals surface area contributed by atoms with Gasteiger partial charge in [0, 0.05) is 13.1 Å². The second-order valence-electron chi connectivity index (χ2n) is 4.09. The van der Waals surface area contributed by atoms with Crippen molar-refractivity contribution in [3.8, 4) is 0 Å². The number of aromatic nitrogens is 3. The highest BCUT2D eigenvalue weighted by atomic mass is 32.2. The number of H-pyrrole nitrogens is 1. The van der Waals surface area contributed by atoms with Gasteiger partial charge in [0.15, 0.2) is 0 Å². The Balaban J connectivity index is 1.79. The van der Waals surface area contributed by atoms with E-state index in [0.717, 1.165) is 25.9 Å². The minimum atomic E-state index is 0.167. The van der Waals surface area contributed by atoms with E-state index in [1.807, 2.05) is 4.90 Å². The summed E-state index contributed by atoms with van der Waals surface area (Å²) in [5.41, 5.74) is 5.41. The Morgan fingerprint density at radius 1 is 1.35 bits per heavy atom. The number of carbonyl (C=O) groups excluding carboxylic acids is 1. The topological polar surface area (TPSA) is 87.9 Å². The highest BCUT2D eigenvalue weighted by Crippen LogP contribution is 2.15. The number of likely N-dealkylation sites (tertiary alicyclic amines) is 1. The van der Waals surface area contributed by atoms with Crippen molar-refractivity contribution in [2.24, 2.45) is 0 Å². The number of hydrogen-bond donors (Lipinski definition) is 2. The normalized spacial score (nSPS) is 16.8. The molecule has 1 aliphatic heterocycles. The number of nitrogen functional groups attached to an aromatic ring is 1. The van der Waals surface area contributed by atoms with Gasteiger partial charge in [-0.25, -0.2) is 5.10 Å². The fourth-order valence-corrected chi connectivity index (χ4v) is 2.57. The van der Waals surface area contributed by atoms with Gasteiger partial charge >= 0.3 is 0 Å². The lowest BCUT2D eigenvalue weighted by molar-refractivity contribution is -0.128. The Morgan fingerprint density at radius 3 is 2.65 bits per heavy atom. The molecule has 2 rings (SSSR count). The van der Waals surface area contributed by atoms with E-state index in [4.69, 9.17) is 5.73 Å². The van der Waals surface area contributed by atoms with Crippen LogP contribution in [0.1, 0.15) is 25.7 Å². The fourth-order valence-electron chi connectivity index (χ4n) is 1.86. The smallest absolute Gasteiger partial charge is 0.233 e. The number of thioether (sulfide) groups is 1. The third-order valence-corrected chi connectivity index (χ3v) is 3.60. The molecule has 1 aromatic rings. The Morgan fingerprint density at radius 2 is 2.06 bits per heavy atom. The van der Waals surface area contributed by atoms with Crippen molar-refractivity contribution in [3.63, 3.8) is 0 Å². The van der Waals surface area contributed by atoms with Crippen LogP contribution in [0, 0.1) is 0 Å². The molecule has 0 atom stereocenters. The van der Waals surface area contributed by atoms with Crippen LogP contribution < -0.4 is 5.73 Å². The monoisotopic (exact) mass is 255 g/mol. The van der Waals surface area contributed by atoms with Crippen molar-refractivity contribution >= 4 is 23.6 Å². The average Bonchev–Trinajstić information content (AvgIpc) is 2.58. The maximum Gasteiger partial charge on any atom is 0.233 e. The van der Waals surface area contributed by atoms with Gasteiger partial charge in [0.2, 0.25) is 17.0 Å². The van der Waals surface area contributed by atoms with Crippen molar-refractivity contribution in [2.75, 3.05) is 24.6 Å². The van der Waals surface area contributed by atoms with Crippen LogP contribution >= 0.6 is 11.8 Å². The van der Waals surface area contributed by atoms with Crippen LogP contribution in [0.25, 0.3) is 0 Å². The predicted octanol–water partition coefficient (Wildman–Crippen LogP) is 0.882. The third-order valence-electron chi connectivity index (χ3n) is 2.77. The number of aromatic amines is 1. The molecule has 1 saturated heterocycles. The molecule has 17 heavy (non-hydrogen) atoms. The molecule has 2 heterocycles. The summed E-state index contributed by atoms with van der Waals surface area (Å²) in [7, 11) is 0. The van der Waals surface area contributed by atoms with Gasteiger partial charge < -0.3 is 10.6 Å². The van der Waals surface area contributed by atoms with Crippen LogP contribution in [-0.4, -0.2) is 44.8 Å². The van der Waals surface area contributed by atoms with Crippen LogP contribution in [0.3, 0.4) is 0 Å². The van der Waals surface area contributed by atoms with Gasteiger partial charge in [-0.3, -0.25) is 4.79 Å². The quantitative estimate of drug-likeness (QED) is 0.783. The van der Waals surface area contributed by atoms with E-state index >= 15 is 0 Å². The van der Waals surface area contributed by atoms with Crippen molar-refractivity contribution in [1.82, 2.24) is 20.1 Å². The summed E-state index contributed by atoms with van der Waals surface area (Å²) in [5, 5.41) is 6.97. The molecule has 0 unspecified atom stereocenters. The highest BCUT2D eigenvalue weighted by Gasteiger charge is 2.16. The minimum absolute atomic E-state index is 0.167. The molecule has 0 aliphatic carbocycles. The summed E-state index contributed by atoms with van der Waals surface area (Å²) in [6.45, 7) is 1.77. The number of nitrogens with one attached hydrogen (secondary N) is 1. The number of amides is 1. The van der Waals surface area contributed by atoms with E-state index in [0.29, 0.717) is 10.9 Å². The van der Waals surface area contributed by atoms with Crippen LogP contribution in [0.4, 0.5) is 5.95 Å². The Bertz CT molecular complexity index is 373. The SMILES string of the molecule is Nc1nc(SCC(=O)N2CCCCCC2)n[nH]1. The molecule has 0 aromatic carbocycles. The zero-order chi connectivity index (χ0) is 12.1. The molecule has 0 saturated carbocycles. The highest BCUT2D eigenvalue weighted by molar-refractivity contribution is 7.99. The zero-order valence-corrected chi connectivity index (χ0v) is 10.5. The first kappa shape index (κ1) is 12.2. The van der Waals surface area contributed by atoms with E-state index in [-0.39, 0.29) is 11.9 Å². The van der Waals surface area contributed by atoms with Gasteiger partial charge in [-0.2, -0.15) is 4.98 Å². The number of rotatable bonds is 3. The van der Waals surface area contributed by atoms with Crippen molar-refractivity contribution < 1.29 is 4.79 Å². The summed E-state index contributed by atoms with van der Waals surface area (Å²) in [6.07, 6.45) is 4.69. The lowest BCUT2D eigenvalue weighted by Crippen LogP contribution is -2.33. The first-order chi connectivity index (χ1) is 8.25. The van der Waals surface area contributed by atoms with E-state index in [9.17, 15) is 4.79 Å². The van der Waals surface area contributed by atoms with E-state index < -0.39 is 0 Å². The maximum atomic E-state index is 11.9. The second-order valence-corrected chi connectivity index (χ2v) is 5.03. The van der Waals surface area contributed by atoms with Gasteiger partial charge in [-0.15, -0.1) is 5.10 Å². The number of anilines is 1. The third kappa shape index (κ3) is 3.62. The number of nitrogens with two attached hydrogens (primary N) is 1. The minimum Gasteiger partial charge on any atom is -0.368 e. The number of hydrogen-bond acceptors (Lipinski definition) is 5. The summed E-state index contributed by atoms with van der Waals surface area (Å²) in [6, 6.07) is 0. The van der Waals surface area contributed by atoms with Crippen molar-refractivity contribution in [2.45, 2.75) is 30.8 Å². The molecule has 94 valence electrons. The Hall–Kier alpha value is -1.24. The molecule has 1 fully saturated rings. The Kier molecular flexibility index (Phi) is 4.24. The van der Waals surface area contributed by atoms with Crippen LogP contribution in [0.15, 0.2) is 5.16 Å². The summed E-state index contributed by atoms with van der Waals surface area (Å²) in [5.74, 6) is 0.840. The van der Waals surface area contributed by atoms with Crippen LogP contribution in [0.2, 0.25) is 0 Å². The molecular formula is C10H17N5OS. The van der Waals surface area contributed by atoms with Gasteiger partial charge in [0.1, 0.15) is 0 Å². The summed E-state index contributed by atoms with van der Waals surface area (Å²) < 4.78 is 0. The maximum absolute atomic E-state index is 11.9. The first-order valence-electron chi connectivity index (χ1n) is 5.84. The van der Waals surface area contributed by atoms with E-state index in [2.05, 4.69) is 15.2 Å². The molecule has 0 radical (unpaired) electrons. The van der Waals surface area contributed by atoms with Crippen LogP contribution in [0.5, 0.6) is 0 Å². The molecule has 1 aliphatic rings. The lowest BCUT2D eigenvalue weighted by Gasteiger charge is -2.19. The second kappa shape index (κ2) is 5.90. The standard InChI is InChI=1S/C10H17N5OS/c11-9-12-10(14-13-9)17-7-8(16)15-5-3-1-2-4-6-15/h1-7H2,(H3,11,12,13,14). The zero-order valence-electron chi connectivity index (χ0n) is 9.69. The molecular weight excluding hydrogens is 238 g/mol. The van der Waals surface area contributed by atoms with Gasteiger partial charge in [0.25, 0.3) is 0 Å². The molecule has 1 amide bonds. The van der Waals surface area contributed by atoms with E-state index in [1.165, 1.54) is 24.6 Å². The summed E-state index contributed by atoms with van der Waals surface area (Å²) >= 11 is 1.33. The van der Waals surface area contributed by atoms with Crippen LogP contribution in [-0.2, 0) is 4.79 Å². The molecule has 6 nitrogen and oxygen atoms in total. The molecule has 0 spiro atoms.